The van der Waals surface area contributed by atoms with E-state index in [9.17, 15) is 4.79 Å². The first-order valence-corrected chi connectivity index (χ1v) is 8.40. The molecule has 2 unspecified atom stereocenters. The normalized spacial score (nSPS) is 39.5. The second-order valence-electron chi connectivity index (χ2n) is 7.43. The number of amides is 1. The van der Waals surface area contributed by atoms with Gasteiger partial charge in [-0.25, -0.2) is 0 Å². The fraction of sp³-hybridized carbons (Fsp3) is 0.611. The zero-order valence-corrected chi connectivity index (χ0v) is 13.3. The monoisotopic (exact) mass is 299 g/mol. The van der Waals surface area contributed by atoms with E-state index in [2.05, 4.69) is 45.4 Å². The second kappa shape index (κ2) is 5.36. The molecule has 4 aliphatic heterocycles. The number of nitrogens with one attached hydrogen (secondary N) is 1. The van der Waals surface area contributed by atoms with E-state index in [1.165, 1.54) is 18.7 Å². The van der Waals surface area contributed by atoms with Gasteiger partial charge in [-0.1, -0.05) is 30.3 Å². The van der Waals surface area contributed by atoms with Crippen LogP contribution in [0.3, 0.4) is 0 Å². The Bertz CT molecular complexity index is 543. The third kappa shape index (κ3) is 2.44. The molecule has 0 radical (unpaired) electrons. The van der Waals surface area contributed by atoms with Crippen LogP contribution in [-0.2, 0) is 11.2 Å². The van der Waals surface area contributed by atoms with E-state index in [-0.39, 0.29) is 11.3 Å². The van der Waals surface area contributed by atoms with E-state index in [1.54, 1.807) is 6.92 Å². The van der Waals surface area contributed by atoms with Crippen LogP contribution in [0, 0.1) is 11.3 Å². The van der Waals surface area contributed by atoms with Gasteiger partial charge in [0.1, 0.15) is 0 Å². The smallest absolute Gasteiger partial charge is 0.217 e. The first-order chi connectivity index (χ1) is 10.6. The third-order valence-corrected chi connectivity index (χ3v) is 5.68. The number of nitrogens with zero attached hydrogens (tertiary/aromatic N) is 2. The SMILES string of the molecule is CC(=O)N[C@H]1C2CN3CCN(C2)CC1(Cc1ccccc1)C3. The van der Waals surface area contributed by atoms with Gasteiger partial charge in [0, 0.05) is 63.6 Å². The molecule has 4 nitrogen and oxygen atoms in total. The zero-order chi connectivity index (χ0) is 15.2. The molecule has 0 aromatic heterocycles. The number of benzene rings is 1. The van der Waals surface area contributed by atoms with Crippen LogP contribution in [0.15, 0.2) is 30.3 Å². The summed E-state index contributed by atoms with van der Waals surface area (Å²) in [6, 6.07) is 11.1. The van der Waals surface area contributed by atoms with Gasteiger partial charge in [0.25, 0.3) is 0 Å². The van der Waals surface area contributed by atoms with Gasteiger partial charge < -0.3 is 15.1 Å². The van der Waals surface area contributed by atoms with Crippen LogP contribution >= 0.6 is 0 Å². The first-order valence-electron chi connectivity index (χ1n) is 8.40. The lowest BCUT2D eigenvalue weighted by molar-refractivity contribution is -0.124. The standard InChI is InChI=1S/C18H25N3O/c1-14(22)19-17-16-10-20-7-8-21(11-16)13-18(17,12-20)9-15-5-3-2-4-6-15/h2-6,16-17H,7-13H2,1H3,(H,19,22)/t16?,17-,18?/m0/s1. The van der Waals surface area contributed by atoms with E-state index < -0.39 is 0 Å². The van der Waals surface area contributed by atoms with Crippen LogP contribution in [-0.4, -0.2) is 61.0 Å². The van der Waals surface area contributed by atoms with Crippen molar-refractivity contribution in [2.75, 3.05) is 39.3 Å². The van der Waals surface area contributed by atoms with Crippen LogP contribution in [0.4, 0.5) is 0 Å². The van der Waals surface area contributed by atoms with Crippen molar-refractivity contribution in [3.05, 3.63) is 35.9 Å². The lowest BCUT2D eigenvalue weighted by Crippen LogP contribution is -2.69. The quantitative estimate of drug-likeness (QED) is 0.904. The summed E-state index contributed by atoms with van der Waals surface area (Å²) in [7, 11) is 0. The predicted molar refractivity (Wildman–Crippen MR) is 86.6 cm³/mol. The zero-order valence-electron chi connectivity index (χ0n) is 13.3. The maximum Gasteiger partial charge on any atom is 0.217 e. The van der Waals surface area contributed by atoms with Gasteiger partial charge in [0.15, 0.2) is 0 Å². The van der Waals surface area contributed by atoms with Gasteiger partial charge in [0.2, 0.25) is 5.91 Å². The van der Waals surface area contributed by atoms with Gasteiger partial charge in [-0.2, -0.15) is 0 Å². The predicted octanol–water partition coefficient (Wildman–Crippen LogP) is 0.981. The summed E-state index contributed by atoms with van der Waals surface area (Å²) < 4.78 is 0. The molecule has 1 aromatic carbocycles. The molecular formula is C18H25N3O. The Balaban J connectivity index is 1.69. The minimum atomic E-state index is 0.119. The van der Waals surface area contributed by atoms with Crippen molar-refractivity contribution in [1.29, 1.82) is 0 Å². The van der Waals surface area contributed by atoms with Gasteiger partial charge in [0.05, 0.1) is 0 Å². The Morgan fingerprint density at radius 1 is 1.18 bits per heavy atom. The summed E-state index contributed by atoms with van der Waals surface area (Å²) in [5.74, 6) is 0.686. The molecule has 4 fully saturated rings. The second-order valence-corrected chi connectivity index (χ2v) is 7.43. The molecule has 4 aliphatic rings. The van der Waals surface area contributed by atoms with Crippen molar-refractivity contribution in [3.8, 4) is 0 Å². The van der Waals surface area contributed by atoms with Gasteiger partial charge >= 0.3 is 0 Å². The molecule has 4 bridgehead atoms. The summed E-state index contributed by atoms with van der Waals surface area (Å²) in [4.78, 5) is 17.0. The molecule has 0 aliphatic carbocycles. The molecule has 4 heterocycles. The molecule has 0 saturated carbocycles. The van der Waals surface area contributed by atoms with E-state index in [0.29, 0.717) is 12.0 Å². The molecule has 22 heavy (non-hydrogen) atoms. The van der Waals surface area contributed by atoms with Crippen LogP contribution in [0.5, 0.6) is 0 Å². The summed E-state index contributed by atoms with van der Waals surface area (Å²) in [5.41, 5.74) is 1.55. The fourth-order valence-electron chi connectivity index (χ4n) is 5.04. The highest BCUT2D eigenvalue weighted by Gasteiger charge is 2.54. The van der Waals surface area contributed by atoms with E-state index >= 15 is 0 Å². The van der Waals surface area contributed by atoms with Gasteiger partial charge in [-0.15, -0.1) is 0 Å². The molecule has 4 saturated heterocycles. The Hall–Kier alpha value is -1.39. The van der Waals surface area contributed by atoms with E-state index in [1.807, 2.05) is 0 Å². The average molecular weight is 299 g/mol. The van der Waals surface area contributed by atoms with Crippen LogP contribution < -0.4 is 5.32 Å². The first kappa shape index (κ1) is 14.2. The molecule has 4 heteroatoms. The summed E-state index contributed by atoms with van der Waals surface area (Å²) in [6.45, 7) is 8.52. The fourth-order valence-corrected chi connectivity index (χ4v) is 5.04. The largest absolute Gasteiger partial charge is 0.353 e. The molecule has 0 spiro atoms. The van der Waals surface area contributed by atoms with Crippen molar-refractivity contribution in [2.24, 2.45) is 11.3 Å². The number of carbonyl (C=O) groups excluding carboxylic acids is 1. The summed E-state index contributed by atoms with van der Waals surface area (Å²) >= 11 is 0. The summed E-state index contributed by atoms with van der Waals surface area (Å²) in [6.07, 6.45) is 1.06. The minimum Gasteiger partial charge on any atom is -0.353 e. The molecule has 5 rings (SSSR count). The highest BCUT2D eigenvalue weighted by atomic mass is 16.1. The molecule has 1 N–H and O–H groups in total. The van der Waals surface area contributed by atoms with E-state index in [0.717, 1.165) is 32.6 Å². The van der Waals surface area contributed by atoms with Crippen molar-refractivity contribution in [3.63, 3.8) is 0 Å². The van der Waals surface area contributed by atoms with Gasteiger partial charge in [-0.3, -0.25) is 4.79 Å². The number of hydrogen-bond acceptors (Lipinski definition) is 3. The molecule has 118 valence electrons. The minimum absolute atomic E-state index is 0.119. The lowest BCUT2D eigenvalue weighted by atomic mass is 9.65. The Labute approximate surface area is 132 Å². The van der Waals surface area contributed by atoms with E-state index in [4.69, 9.17) is 0 Å². The topological polar surface area (TPSA) is 35.6 Å². The maximum absolute atomic E-state index is 11.8. The molecule has 1 aromatic rings. The lowest BCUT2D eigenvalue weighted by Gasteiger charge is -2.55. The summed E-state index contributed by atoms with van der Waals surface area (Å²) in [5, 5.41) is 3.32. The van der Waals surface area contributed by atoms with Crippen molar-refractivity contribution in [1.82, 2.24) is 15.1 Å². The molecule has 1 amide bonds. The van der Waals surface area contributed by atoms with Crippen LogP contribution in [0.1, 0.15) is 12.5 Å². The maximum atomic E-state index is 11.8. The number of rotatable bonds is 3. The van der Waals surface area contributed by atoms with Crippen LogP contribution in [0.25, 0.3) is 0 Å². The Morgan fingerprint density at radius 3 is 2.41 bits per heavy atom. The average Bonchev–Trinajstić information content (AvgIpc) is 2.72. The molecular weight excluding hydrogens is 274 g/mol. The highest BCUT2D eigenvalue weighted by molar-refractivity contribution is 5.73. The van der Waals surface area contributed by atoms with Gasteiger partial charge in [-0.05, 0) is 12.0 Å². The van der Waals surface area contributed by atoms with Crippen molar-refractivity contribution < 1.29 is 4.79 Å². The van der Waals surface area contributed by atoms with Crippen LogP contribution in [0.2, 0.25) is 0 Å². The Morgan fingerprint density at radius 2 is 1.82 bits per heavy atom. The number of carbonyl (C=O) groups is 1. The number of hydrogen-bond donors (Lipinski definition) is 1. The Kier molecular flexibility index (Phi) is 3.46. The van der Waals surface area contributed by atoms with Crippen molar-refractivity contribution in [2.45, 2.75) is 19.4 Å². The number of piperidine rings is 2. The molecule has 3 atom stereocenters. The van der Waals surface area contributed by atoms with Crippen molar-refractivity contribution >= 4 is 5.91 Å². The highest BCUT2D eigenvalue weighted by Crippen LogP contribution is 2.43. The number of fused-ring (bicyclic) bond motifs is 1. The third-order valence-electron chi connectivity index (χ3n) is 5.68.